The molecule has 1 aromatic rings. The topological polar surface area (TPSA) is 171 Å². The van der Waals surface area contributed by atoms with Crippen LogP contribution in [0.2, 0.25) is 0 Å². The maximum absolute atomic E-state index is 12.2. The van der Waals surface area contributed by atoms with Crippen LogP contribution in [0.15, 0.2) is 30.3 Å². The van der Waals surface area contributed by atoms with Gasteiger partial charge < -0.3 is 30.9 Å². The van der Waals surface area contributed by atoms with E-state index < -0.39 is 54.4 Å². The third-order valence-electron chi connectivity index (χ3n) is 3.68. The van der Waals surface area contributed by atoms with E-state index in [1.54, 1.807) is 30.3 Å². The van der Waals surface area contributed by atoms with Gasteiger partial charge in [-0.2, -0.15) is 0 Å². The zero-order valence-corrected chi connectivity index (χ0v) is 15.9. The van der Waals surface area contributed by atoms with Crippen LogP contribution in [0, 0.1) is 0 Å². The molecule has 0 saturated carbocycles. The average Bonchev–Trinajstić information content (AvgIpc) is 2.65. The number of carbonyl (C=O) groups is 5. The number of hydrogen-bond acceptors (Lipinski definition) is 6. The Balaban J connectivity index is 2.60. The van der Waals surface area contributed by atoms with Crippen LogP contribution in [0.5, 0.6) is 0 Å². The highest BCUT2D eigenvalue weighted by Gasteiger charge is 2.28. The lowest BCUT2D eigenvalue weighted by Crippen LogP contribution is -2.55. The standard InChI is InChI=1S/C18H23N3O8/c1-10(20-18(28)29-9-12-6-4-3-5-7-12)15(24)21-13(8-14(22)23)16(25)19-11(2)17(26)27/h3-7,10-11,13H,8-9H2,1-2H3,(H,19,25)(H,20,28)(H,21,24)(H,22,23)(H,26,27)/t10-,11-,13+/m1/s1. The van der Waals surface area contributed by atoms with Gasteiger partial charge >= 0.3 is 18.0 Å². The van der Waals surface area contributed by atoms with Crippen molar-refractivity contribution in [1.82, 2.24) is 16.0 Å². The third-order valence-corrected chi connectivity index (χ3v) is 3.68. The molecule has 3 amide bonds. The average molecular weight is 409 g/mol. The summed E-state index contributed by atoms with van der Waals surface area (Å²) in [6.45, 7) is 2.49. The number of benzene rings is 1. The Bertz CT molecular complexity index is 753. The number of hydrogen-bond donors (Lipinski definition) is 5. The summed E-state index contributed by atoms with van der Waals surface area (Å²) in [7, 11) is 0. The van der Waals surface area contributed by atoms with Gasteiger partial charge in [-0.1, -0.05) is 30.3 Å². The van der Waals surface area contributed by atoms with Gasteiger partial charge in [0.2, 0.25) is 11.8 Å². The Hall–Kier alpha value is -3.63. The zero-order chi connectivity index (χ0) is 22.0. The van der Waals surface area contributed by atoms with Gasteiger partial charge in [0.15, 0.2) is 0 Å². The van der Waals surface area contributed by atoms with E-state index in [9.17, 15) is 24.0 Å². The minimum atomic E-state index is -1.52. The summed E-state index contributed by atoms with van der Waals surface area (Å²) in [5.41, 5.74) is 0.741. The van der Waals surface area contributed by atoms with Crippen LogP contribution in [0.4, 0.5) is 4.79 Å². The van der Waals surface area contributed by atoms with Crippen molar-refractivity contribution in [3.63, 3.8) is 0 Å². The molecule has 0 saturated heterocycles. The normalized spacial score (nSPS) is 13.3. The van der Waals surface area contributed by atoms with Crippen molar-refractivity contribution in [2.75, 3.05) is 0 Å². The second-order valence-corrected chi connectivity index (χ2v) is 6.16. The van der Waals surface area contributed by atoms with E-state index >= 15 is 0 Å². The van der Waals surface area contributed by atoms with Gasteiger partial charge in [0, 0.05) is 0 Å². The number of rotatable bonds is 10. The number of carboxylic acids is 2. The monoisotopic (exact) mass is 409 g/mol. The van der Waals surface area contributed by atoms with Crippen LogP contribution in [-0.4, -0.2) is 58.2 Å². The third kappa shape index (κ3) is 8.73. The van der Waals surface area contributed by atoms with Crippen molar-refractivity contribution in [2.45, 2.75) is 45.0 Å². The Morgan fingerprint density at radius 3 is 2.07 bits per heavy atom. The number of aliphatic carboxylic acids is 2. The molecular weight excluding hydrogens is 386 g/mol. The molecule has 0 spiro atoms. The first-order valence-corrected chi connectivity index (χ1v) is 8.62. The number of nitrogens with one attached hydrogen (secondary N) is 3. The lowest BCUT2D eigenvalue weighted by atomic mass is 10.1. The van der Waals surface area contributed by atoms with Gasteiger partial charge in [0.25, 0.3) is 0 Å². The molecule has 0 radical (unpaired) electrons. The molecule has 3 atom stereocenters. The lowest BCUT2D eigenvalue weighted by Gasteiger charge is -2.21. The van der Waals surface area contributed by atoms with Crippen LogP contribution < -0.4 is 16.0 Å². The molecule has 0 aliphatic heterocycles. The SMILES string of the molecule is C[C@@H](NC(=O)[C@H](CC(=O)O)NC(=O)[C@@H](C)NC(=O)OCc1ccccc1)C(=O)O. The summed E-state index contributed by atoms with van der Waals surface area (Å²) >= 11 is 0. The molecule has 158 valence electrons. The number of ether oxygens (including phenoxy) is 1. The Kier molecular flexibility index (Phi) is 9.10. The first-order valence-electron chi connectivity index (χ1n) is 8.62. The van der Waals surface area contributed by atoms with Crippen molar-refractivity contribution in [3.8, 4) is 0 Å². The molecule has 0 aliphatic carbocycles. The molecule has 29 heavy (non-hydrogen) atoms. The predicted molar refractivity (Wildman–Crippen MR) is 98.6 cm³/mol. The van der Waals surface area contributed by atoms with E-state index in [2.05, 4.69) is 16.0 Å². The first kappa shape index (κ1) is 23.4. The molecule has 11 heteroatoms. The first-order chi connectivity index (χ1) is 13.6. The predicted octanol–water partition coefficient (Wildman–Crippen LogP) is -0.150. The summed E-state index contributed by atoms with van der Waals surface area (Å²) in [5, 5.41) is 24.2. The lowest BCUT2D eigenvalue weighted by molar-refractivity contribution is -0.143. The van der Waals surface area contributed by atoms with E-state index in [4.69, 9.17) is 14.9 Å². The van der Waals surface area contributed by atoms with Crippen molar-refractivity contribution < 1.29 is 38.9 Å². The zero-order valence-electron chi connectivity index (χ0n) is 15.9. The molecule has 1 rings (SSSR count). The molecular formula is C18H23N3O8. The molecule has 0 fully saturated rings. The fourth-order valence-corrected chi connectivity index (χ4v) is 2.06. The van der Waals surface area contributed by atoms with Gasteiger partial charge in [-0.05, 0) is 19.4 Å². The van der Waals surface area contributed by atoms with Crippen LogP contribution in [-0.2, 0) is 30.5 Å². The van der Waals surface area contributed by atoms with Gasteiger partial charge in [0.1, 0.15) is 24.7 Å². The summed E-state index contributed by atoms with van der Waals surface area (Å²) in [6.07, 6.45) is -1.65. The molecule has 0 aromatic heterocycles. The van der Waals surface area contributed by atoms with Gasteiger partial charge in [-0.15, -0.1) is 0 Å². The number of carbonyl (C=O) groups excluding carboxylic acids is 3. The molecule has 0 unspecified atom stereocenters. The van der Waals surface area contributed by atoms with E-state index in [-0.39, 0.29) is 6.61 Å². The van der Waals surface area contributed by atoms with Crippen molar-refractivity contribution in [2.24, 2.45) is 0 Å². The van der Waals surface area contributed by atoms with Crippen LogP contribution in [0.1, 0.15) is 25.8 Å². The maximum Gasteiger partial charge on any atom is 0.408 e. The number of alkyl carbamates (subject to hydrolysis) is 1. The number of amides is 3. The van der Waals surface area contributed by atoms with Crippen LogP contribution >= 0.6 is 0 Å². The van der Waals surface area contributed by atoms with Crippen molar-refractivity contribution in [3.05, 3.63) is 35.9 Å². The summed E-state index contributed by atoms with van der Waals surface area (Å²) in [6, 6.07) is 4.89. The van der Waals surface area contributed by atoms with Gasteiger partial charge in [-0.3, -0.25) is 19.2 Å². The van der Waals surface area contributed by atoms with E-state index in [0.29, 0.717) is 0 Å². The summed E-state index contributed by atoms with van der Waals surface area (Å²) in [5.74, 6) is -4.52. The van der Waals surface area contributed by atoms with Crippen molar-refractivity contribution >= 4 is 29.8 Å². The molecule has 11 nitrogen and oxygen atoms in total. The second-order valence-electron chi connectivity index (χ2n) is 6.16. The smallest absolute Gasteiger partial charge is 0.408 e. The fourth-order valence-electron chi connectivity index (χ4n) is 2.06. The molecule has 1 aromatic carbocycles. The molecule has 0 aliphatic rings. The highest BCUT2D eigenvalue weighted by atomic mass is 16.5. The minimum Gasteiger partial charge on any atom is -0.481 e. The highest BCUT2D eigenvalue weighted by molar-refractivity contribution is 5.94. The van der Waals surface area contributed by atoms with Gasteiger partial charge in [0.05, 0.1) is 6.42 Å². The van der Waals surface area contributed by atoms with Crippen LogP contribution in [0.3, 0.4) is 0 Å². The number of carboxylic acid groups (broad SMARTS) is 2. The van der Waals surface area contributed by atoms with Gasteiger partial charge in [-0.25, -0.2) is 4.79 Å². The second kappa shape index (κ2) is 11.3. The van der Waals surface area contributed by atoms with Crippen molar-refractivity contribution in [1.29, 1.82) is 0 Å². The summed E-state index contributed by atoms with van der Waals surface area (Å²) in [4.78, 5) is 57.8. The Morgan fingerprint density at radius 2 is 1.52 bits per heavy atom. The summed E-state index contributed by atoms with van der Waals surface area (Å²) < 4.78 is 4.98. The molecule has 0 heterocycles. The molecule has 5 N–H and O–H groups in total. The Morgan fingerprint density at radius 1 is 0.897 bits per heavy atom. The Labute approximate surface area is 166 Å². The largest absolute Gasteiger partial charge is 0.481 e. The fraction of sp³-hybridized carbons (Fsp3) is 0.389. The minimum absolute atomic E-state index is 0.0157. The van der Waals surface area contributed by atoms with E-state index in [1.807, 2.05) is 0 Å². The quantitative estimate of drug-likeness (QED) is 0.355. The highest BCUT2D eigenvalue weighted by Crippen LogP contribution is 2.01. The van der Waals surface area contributed by atoms with E-state index in [1.165, 1.54) is 13.8 Å². The van der Waals surface area contributed by atoms with E-state index in [0.717, 1.165) is 5.56 Å². The maximum atomic E-state index is 12.2. The van der Waals surface area contributed by atoms with Crippen LogP contribution in [0.25, 0.3) is 0 Å². The molecule has 0 bridgehead atoms.